The first-order valence-corrected chi connectivity index (χ1v) is 5.33. The quantitative estimate of drug-likeness (QED) is 0.629. The maximum Gasteiger partial charge on any atom is 0.147 e. The fourth-order valence-electron chi connectivity index (χ4n) is 0.259. The molecule has 2 nitrogen and oxygen atoms in total. The van der Waals surface area contributed by atoms with Gasteiger partial charge in [0.1, 0.15) is 5.78 Å². The highest BCUT2D eigenvalue weighted by molar-refractivity contribution is 8.76. The molecule has 4 heteroatoms. The van der Waals surface area contributed by atoms with Crippen LogP contribution in [0.2, 0.25) is 0 Å². The summed E-state index contributed by atoms with van der Waals surface area (Å²) in [4.78, 5) is 10.5. The molecular weight excluding hydrogens is 154 g/mol. The number of hydrogen-bond donors (Lipinski definition) is 1. The smallest absolute Gasteiger partial charge is 0.147 e. The first-order chi connectivity index (χ1) is 4.18. The van der Waals surface area contributed by atoms with Crippen LogP contribution in [0, 0.1) is 0 Å². The summed E-state index contributed by atoms with van der Waals surface area (Å²) in [6, 6.07) is -0.276. The van der Waals surface area contributed by atoms with Crippen molar-refractivity contribution in [3.63, 3.8) is 0 Å². The topological polar surface area (TPSA) is 43.1 Å². The molecule has 2 N–H and O–H groups in total. The number of ketones is 1. The van der Waals surface area contributed by atoms with Gasteiger partial charge in [-0.15, -0.1) is 0 Å². The molecule has 0 saturated carbocycles. The van der Waals surface area contributed by atoms with Gasteiger partial charge in [0.2, 0.25) is 0 Å². The van der Waals surface area contributed by atoms with Crippen molar-refractivity contribution in [1.82, 2.24) is 0 Å². The first kappa shape index (κ1) is 9.33. The zero-order valence-electron chi connectivity index (χ0n) is 5.59. The Hall–Kier alpha value is 0.330. The van der Waals surface area contributed by atoms with Gasteiger partial charge in [0.25, 0.3) is 0 Å². The van der Waals surface area contributed by atoms with Crippen molar-refractivity contribution < 1.29 is 4.79 Å². The monoisotopic (exact) mass is 165 g/mol. The molecule has 0 fully saturated rings. The van der Waals surface area contributed by atoms with Crippen molar-refractivity contribution in [2.75, 3.05) is 12.0 Å². The van der Waals surface area contributed by atoms with E-state index in [-0.39, 0.29) is 11.8 Å². The van der Waals surface area contributed by atoms with Gasteiger partial charge in [0.15, 0.2) is 0 Å². The zero-order valence-corrected chi connectivity index (χ0v) is 7.22. The average Bonchev–Trinajstić information content (AvgIpc) is 1.82. The highest BCUT2D eigenvalue weighted by atomic mass is 33.1. The Bertz CT molecular complexity index is 97.0. The van der Waals surface area contributed by atoms with Crippen molar-refractivity contribution in [2.45, 2.75) is 13.0 Å². The highest BCUT2D eigenvalue weighted by Gasteiger charge is 2.06. The van der Waals surface area contributed by atoms with Crippen molar-refractivity contribution >= 4 is 27.4 Å². The van der Waals surface area contributed by atoms with E-state index in [1.807, 2.05) is 6.26 Å². The Balaban J connectivity index is 3.27. The Morgan fingerprint density at radius 1 is 1.78 bits per heavy atom. The fraction of sp³-hybridized carbons (Fsp3) is 0.800. The summed E-state index contributed by atoms with van der Waals surface area (Å²) in [5.74, 6) is 0.785. The predicted molar refractivity (Wildman–Crippen MR) is 44.6 cm³/mol. The number of nitrogens with two attached hydrogens (primary N) is 1. The lowest BCUT2D eigenvalue weighted by molar-refractivity contribution is -0.117. The van der Waals surface area contributed by atoms with Gasteiger partial charge in [0, 0.05) is 5.75 Å². The molecule has 0 aromatic rings. The summed E-state index contributed by atoms with van der Waals surface area (Å²) in [5, 5.41) is 0. The van der Waals surface area contributed by atoms with E-state index >= 15 is 0 Å². The van der Waals surface area contributed by atoms with Crippen LogP contribution in [0.1, 0.15) is 6.92 Å². The van der Waals surface area contributed by atoms with Gasteiger partial charge in [-0.3, -0.25) is 4.79 Å². The predicted octanol–water partition coefficient (Wildman–Crippen LogP) is 0.914. The molecule has 0 radical (unpaired) electrons. The van der Waals surface area contributed by atoms with Gasteiger partial charge >= 0.3 is 0 Å². The summed E-state index contributed by atoms with van der Waals surface area (Å²) in [6.45, 7) is 1.52. The third-order valence-corrected chi connectivity index (χ3v) is 2.73. The molecule has 1 atom stereocenters. The molecule has 1 unspecified atom stereocenters. The molecule has 0 spiro atoms. The molecule has 9 heavy (non-hydrogen) atoms. The molecule has 0 aromatic heterocycles. The second-order valence-corrected chi connectivity index (χ2v) is 4.28. The summed E-state index contributed by atoms with van der Waals surface area (Å²) in [7, 11) is 3.25. The summed E-state index contributed by atoms with van der Waals surface area (Å²) in [6.07, 6.45) is 1.97. The first-order valence-electron chi connectivity index (χ1n) is 2.60. The molecule has 0 aromatic carbocycles. The molecule has 0 bridgehead atoms. The second-order valence-electron chi connectivity index (χ2n) is 1.67. The molecule has 0 amide bonds. The van der Waals surface area contributed by atoms with Crippen LogP contribution in [0.25, 0.3) is 0 Å². The lowest BCUT2D eigenvalue weighted by Gasteiger charge is -2.03. The van der Waals surface area contributed by atoms with E-state index in [1.165, 1.54) is 6.92 Å². The lowest BCUT2D eigenvalue weighted by atomic mass is 10.3. The van der Waals surface area contributed by atoms with Gasteiger partial charge in [-0.05, 0) is 13.2 Å². The minimum Gasteiger partial charge on any atom is -0.321 e. The van der Waals surface area contributed by atoms with E-state index in [1.54, 1.807) is 21.6 Å². The van der Waals surface area contributed by atoms with Gasteiger partial charge in [0.05, 0.1) is 6.04 Å². The normalized spacial score (nSPS) is 13.2. The number of carbonyl (C=O) groups excluding carboxylic acids is 1. The van der Waals surface area contributed by atoms with Gasteiger partial charge in [-0.2, -0.15) is 0 Å². The Kier molecular flexibility index (Phi) is 5.33. The van der Waals surface area contributed by atoms with Gasteiger partial charge in [-0.1, -0.05) is 21.6 Å². The summed E-state index contributed by atoms with van der Waals surface area (Å²) >= 11 is 0. The van der Waals surface area contributed by atoms with Crippen LogP contribution in [0.3, 0.4) is 0 Å². The molecule has 0 saturated heterocycles. The van der Waals surface area contributed by atoms with Crippen LogP contribution in [-0.4, -0.2) is 23.8 Å². The maximum absolute atomic E-state index is 10.5. The van der Waals surface area contributed by atoms with Crippen molar-refractivity contribution in [3.05, 3.63) is 0 Å². The van der Waals surface area contributed by atoms with Crippen molar-refractivity contribution in [2.24, 2.45) is 5.73 Å². The Morgan fingerprint density at radius 3 is 2.67 bits per heavy atom. The molecular formula is C5H11NOS2. The number of hydrogen-bond acceptors (Lipinski definition) is 4. The third-order valence-electron chi connectivity index (χ3n) is 0.888. The molecule has 0 aliphatic carbocycles. The van der Waals surface area contributed by atoms with Crippen LogP contribution >= 0.6 is 21.6 Å². The van der Waals surface area contributed by atoms with Crippen LogP contribution < -0.4 is 5.73 Å². The summed E-state index contributed by atoms with van der Waals surface area (Å²) in [5.41, 5.74) is 5.42. The Morgan fingerprint density at radius 2 is 2.33 bits per heavy atom. The third kappa shape index (κ3) is 4.81. The molecule has 54 valence electrons. The number of Topliss-reactive ketones (excluding diaryl/α,β-unsaturated/α-hetero) is 1. The van der Waals surface area contributed by atoms with E-state index < -0.39 is 0 Å². The van der Waals surface area contributed by atoms with Crippen molar-refractivity contribution in [1.29, 1.82) is 0 Å². The standard InChI is InChI=1S/C5H11NOS2/c1-4(7)5(6)3-9-8-2/h5H,3,6H2,1-2H3. The minimum atomic E-state index is -0.276. The Labute approximate surface area is 63.3 Å². The number of rotatable bonds is 4. The van der Waals surface area contributed by atoms with Gasteiger partial charge in [-0.25, -0.2) is 0 Å². The van der Waals surface area contributed by atoms with E-state index in [0.29, 0.717) is 0 Å². The molecule has 0 aliphatic rings. The number of carbonyl (C=O) groups is 1. The molecule has 0 aliphatic heterocycles. The van der Waals surface area contributed by atoms with Crippen LogP contribution in [0.15, 0.2) is 0 Å². The minimum absolute atomic E-state index is 0.0663. The SMILES string of the molecule is CSSCC(N)C(C)=O. The van der Waals surface area contributed by atoms with E-state index in [0.717, 1.165) is 5.75 Å². The van der Waals surface area contributed by atoms with Gasteiger partial charge < -0.3 is 5.73 Å². The van der Waals surface area contributed by atoms with E-state index in [4.69, 9.17) is 5.73 Å². The molecule has 0 heterocycles. The average molecular weight is 165 g/mol. The maximum atomic E-state index is 10.5. The van der Waals surface area contributed by atoms with Crippen molar-refractivity contribution in [3.8, 4) is 0 Å². The lowest BCUT2D eigenvalue weighted by Crippen LogP contribution is -2.30. The summed E-state index contributed by atoms with van der Waals surface area (Å²) < 4.78 is 0. The zero-order chi connectivity index (χ0) is 7.28. The fourth-order valence-corrected chi connectivity index (χ4v) is 1.62. The van der Waals surface area contributed by atoms with Crippen LogP contribution in [-0.2, 0) is 4.79 Å². The van der Waals surface area contributed by atoms with Crippen LogP contribution in [0.5, 0.6) is 0 Å². The van der Waals surface area contributed by atoms with E-state index in [2.05, 4.69) is 0 Å². The van der Waals surface area contributed by atoms with E-state index in [9.17, 15) is 4.79 Å². The highest BCUT2D eigenvalue weighted by Crippen LogP contribution is 2.16. The van der Waals surface area contributed by atoms with Crippen LogP contribution in [0.4, 0.5) is 0 Å². The largest absolute Gasteiger partial charge is 0.321 e. The molecule has 0 rings (SSSR count). The second kappa shape index (κ2) is 5.14.